The van der Waals surface area contributed by atoms with Gasteiger partial charge in [-0.15, -0.1) is 0 Å². The highest BCUT2D eigenvalue weighted by atomic mass is 16.5. The number of hydrogen-bond acceptors (Lipinski definition) is 4. The molecule has 4 heteroatoms. The molecule has 2 aliphatic rings. The van der Waals surface area contributed by atoms with Gasteiger partial charge in [-0.1, -0.05) is 24.6 Å². The van der Waals surface area contributed by atoms with Crippen molar-refractivity contribution in [1.29, 1.82) is 0 Å². The van der Waals surface area contributed by atoms with E-state index in [1.807, 2.05) is 0 Å². The Morgan fingerprint density at radius 3 is 2.48 bits per heavy atom. The SMILES string of the molecule is NC1CCN(Cc2ccccc2OCCN2CCCCC2)CC1. The summed E-state index contributed by atoms with van der Waals surface area (Å²) in [5, 5.41) is 0. The minimum Gasteiger partial charge on any atom is -0.492 e. The Bertz CT molecular complexity index is 465. The Balaban J connectivity index is 1.49. The van der Waals surface area contributed by atoms with Crippen LogP contribution in [0, 0.1) is 0 Å². The van der Waals surface area contributed by atoms with Crippen LogP contribution in [-0.2, 0) is 6.54 Å². The predicted octanol–water partition coefficient (Wildman–Crippen LogP) is 2.47. The fourth-order valence-corrected chi connectivity index (χ4v) is 3.59. The maximum absolute atomic E-state index is 6.11. The van der Waals surface area contributed by atoms with Crippen LogP contribution in [0.2, 0.25) is 0 Å². The van der Waals surface area contributed by atoms with Crippen LogP contribution in [0.5, 0.6) is 5.75 Å². The maximum atomic E-state index is 6.11. The van der Waals surface area contributed by atoms with Gasteiger partial charge in [0.05, 0.1) is 0 Å². The minimum atomic E-state index is 0.391. The van der Waals surface area contributed by atoms with Crippen LogP contribution in [-0.4, -0.2) is 55.2 Å². The first-order valence-corrected chi connectivity index (χ1v) is 9.22. The summed E-state index contributed by atoms with van der Waals surface area (Å²) in [4.78, 5) is 5.02. The fraction of sp³-hybridized carbons (Fsp3) is 0.684. The van der Waals surface area contributed by atoms with Crippen LogP contribution >= 0.6 is 0 Å². The van der Waals surface area contributed by atoms with Gasteiger partial charge in [0, 0.05) is 24.7 Å². The number of rotatable bonds is 6. The first-order chi connectivity index (χ1) is 11.3. The Morgan fingerprint density at radius 2 is 1.70 bits per heavy atom. The molecule has 0 saturated carbocycles. The summed E-state index contributed by atoms with van der Waals surface area (Å²) in [5.41, 5.74) is 7.31. The number of ether oxygens (including phenoxy) is 1. The highest BCUT2D eigenvalue weighted by Gasteiger charge is 2.17. The highest BCUT2D eigenvalue weighted by Crippen LogP contribution is 2.22. The lowest BCUT2D eigenvalue weighted by molar-refractivity contribution is 0.178. The van der Waals surface area contributed by atoms with E-state index in [0.717, 1.165) is 51.4 Å². The number of piperidine rings is 2. The van der Waals surface area contributed by atoms with Crippen molar-refractivity contribution in [3.05, 3.63) is 29.8 Å². The van der Waals surface area contributed by atoms with Gasteiger partial charge in [-0.3, -0.25) is 9.80 Å². The Labute approximate surface area is 140 Å². The molecular weight excluding hydrogens is 286 g/mol. The average Bonchev–Trinajstić information content (AvgIpc) is 2.59. The zero-order valence-electron chi connectivity index (χ0n) is 14.3. The fourth-order valence-electron chi connectivity index (χ4n) is 3.59. The number of para-hydroxylation sites is 1. The average molecular weight is 317 g/mol. The van der Waals surface area contributed by atoms with Crippen LogP contribution in [0.25, 0.3) is 0 Å². The number of hydrogen-bond donors (Lipinski definition) is 1. The van der Waals surface area contributed by atoms with Crippen LogP contribution in [0.1, 0.15) is 37.7 Å². The van der Waals surface area contributed by atoms with Gasteiger partial charge in [0.15, 0.2) is 0 Å². The summed E-state index contributed by atoms with van der Waals surface area (Å²) in [7, 11) is 0. The van der Waals surface area contributed by atoms with E-state index >= 15 is 0 Å². The molecule has 23 heavy (non-hydrogen) atoms. The molecule has 2 N–H and O–H groups in total. The molecule has 0 radical (unpaired) electrons. The summed E-state index contributed by atoms with van der Waals surface area (Å²) in [6.45, 7) is 7.49. The second-order valence-corrected chi connectivity index (χ2v) is 6.97. The van der Waals surface area contributed by atoms with E-state index in [1.54, 1.807) is 0 Å². The van der Waals surface area contributed by atoms with Crippen molar-refractivity contribution >= 4 is 0 Å². The number of likely N-dealkylation sites (tertiary alicyclic amines) is 2. The lowest BCUT2D eigenvalue weighted by Crippen LogP contribution is -2.39. The summed E-state index contributed by atoms with van der Waals surface area (Å²) >= 11 is 0. The standard InChI is InChI=1S/C19H31N3O/c20-18-8-12-22(13-9-18)16-17-6-2-3-7-19(17)23-15-14-21-10-4-1-5-11-21/h2-3,6-7,18H,1,4-5,8-16,20H2. The number of nitrogens with zero attached hydrogens (tertiary/aromatic N) is 2. The van der Waals surface area contributed by atoms with Crippen molar-refractivity contribution < 1.29 is 4.74 Å². The lowest BCUT2D eigenvalue weighted by Gasteiger charge is -2.30. The van der Waals surface area contributed by atoms with Crippen LogP contribution in [0.15, 0.2) is 24.3 Å². The zero-order valence-corrected chi connectivity index (χ0v) is 14.3. The summed E-state index contributed by atoms with van der Waals surface area (Å²) in [6.07, 6.45) is 6.29. The van der Waals surface area contributed by atoms with Gasteiger partial charge in [-0.05, 0) is 57.9 Å². The lowest BCUT2D eigenvalue weighted by atomic mass is 10.1. The molecule has 3 rings (SSSR count). The third kappa shape index (κ3) is 5.20. The van der Waals surface area contributed by atoms with Crippen LogP contribution in [0.4, 0.5) is 0 Å². The molecule has 4 nitrogen and oxygen atoms in total. The van der Waals surface area contributed by atoms with E-state index in [0.29, 0.717) is 6.04 Å². The smallest absolute Gasteiger partial charge is 0.123 e. The van der Waals surface area contributed by atoms with Crippen LogP contribution in [0.3, 0.4) is 0 Å². The molecule has 2 heterocycles. The van der Waals surface area contributed by atoms with Gasteiger partial charge in [0.1, 0.15) is 12.4 Å². The van der Waals surface area contributed by atoms with E-state index in [1.165, 1.54) is 37.9 Å². The topological polar surface area (TPSA) is 41.7 Å². The largest absolute Gasteiger partial charge is 0.492 e. The zero-order chi connectivity index (χ0) is 15.9. The van der Waals surface area contributed by atoms with Gasteiger partial charge in [0.25, 0.3) is 0 Å². The predicted molar refractivity (Wildman–Crippen MR) is 94.7 cm³/mol. The molecule has 0 atom stereocenters. The van der Waals surface area contributed by atoms with Crippen molar-refractivity contribution in [2.24, 2.45) is 5.73 Å². The monoisotopic (exact) mass is 317 g/mol. The third-order valence-corrected chi connectivity index (χ3v) is 5.11. The van der Waals surface area contributed by atoms with Gasteiger partial charge in [-0.2, -0.15) is 0 Å². The van der Waals surface area contributed by atoms with Crippen molar-refractivity contribution in [3.8, 4) is 5.75 Å². The number of nitrogens with two attached hydrogens (primary N) is 1. The van der Waals surface area contributed by atoms with Crippen molar-refractivity contribution in [2.75, 3.05) is 39.3 Å². The summed E-state index contributed by atoms with van der Waals surface area (Å²) < 4.78 is 6.11. The molecule has 128 valence electrons. The second kappa shape index (κ2) is 8.67. The van der Waals surface area contributed by atoms with Gasteiger partial charge in [-0.25, -0.2) is 0 Å². The number of benzene rings is 1. The quantitative estimate of drug-likeness (QED) is 0.875. The van der Waals surface area contributed by atoms with Gasteiger partial charge < -0.3 is 10.5 Å². The molecule has 1 aromatic rings. The summed E-state index contributed by atoms with van der Waals surface area (Å²) in [6, 6.07) is 8.89. The minimum absolute atomic E-state index is 0.391. The van der Waals surface area contributed by atoms with E-state index in [-0.39, 0.29) is 0 Å². The molecule has 0 bridgehead atoms. The van der Waals surface area contributed by atoms with Gasteiger partial charge in [0.2, 0.25) is 0 Å². The molecule has 2 fully saturated rings. The van der Waals surface area contributed by atoms with Crippen LogP contribution < -0.4 is 10.5 Å². The van der Waals surface area contributed by atoms with Crippen molar-refractivity contribution in [1.82, 2.24) is 9.80 Å². The molecule has 0 spiro atoms. The highest BCUT2D eigenvalue weighted by molar-refractivity contribution is 5.33. The Hall–Kier alpha value is -1.10. The molecule has 0 amide bonds. The Kier molecular flexibility index (Phi) is 6.31. The van der Waals surface area contributed by atoms with Gasteiger partial charge >= 0.3 is 0 Å². The van der Waals surface area contributed by atoms with E-state index in [4.69, 9.17) is 10.5 Å². The molecule has 2 aliphatic heterocycles. The molecule has 1 aromatic carbocycles. The third-order valence-electron chi connectivity index (χ3n) is 5.11. The summed E-state index contributed by atoms with van der Waals surface area (Å²) in [5.74, 6) is 1.05. The first kappa shape index (κ1) is 16.7. The van der Waals surface area contributed by atoms with E-state index in [2.05, 4.69) is 34.1 Å². The van der Waals surface area contributed by atoms with E-state index in [9.17, 15) is 0 Å². The molecule has 0 aromatic heterocycles. The first-order valence-electron chi connectivity index (χ1n) is 9.22. The molecule has 2 saturated heterocycles. The molecular formula is C19H31N3O. The van der Waals surface area contributed by atoms with Crippen molar-refractivity contribution in [2.45, 2.75) is 44.7 Å². The molecule has 0 unspecified atom stereocenters. The normalized spacial score (nSPS) is 21.4. The second-order valence-electron chi connectivity index (χ2n) is 6.97. The molecule has 0 aliphatic carbocycles. The Morgan fingerprint density at radius 1 is 0.957 bits per heavy atom. The maximum Gasteiger partial charge on any atom is 0.123 e. The van der Waals surface area contributed by atoms with Crippen molar-refractivity contribution in [3.63, 3.8) is 0 Å². The van der Waals surface area contributed by atoms with E-state index < -0.39 is 0 Å².